The average molecular weight is 863 g/mol. The second kappa shape index (κ2) is 25.9. The second-order valence-electron chi connectivity index (χ2n) is 18.0. The summed E-state index contributed by atoms with van der Waals surface area (Å²) in [7, 11) is 0. The molecular formula is C58H74N2O4. The second-order valence-corrected chi connectivity index (χ2v) is 18.0. The van der Waals surface area contributed by atoms with Crippen LogP contribution >= 0.6 is 0 Å². The van der Waals surface area contributed by atoms with Crippen LogP contribution in [0.25, 0.3) is 0 Å². The average Bonchev–Trinajstić information content (AvgIpc) is 3.31. The van der Waals surface area contributed by atoms with E-state index < -0.39 is 0 Å². The Morgan fingerprint density at radius 2 is 0.703 bits per heavy atom. The molecule has 0 aliphatic carbocycles. The van der Waals surface area contributed by atoms with E-state index in [0.29, 0.717) is 37.4 Å². The van der Waals surface area contributed by atoms with Crippen molar-refractivity contribution >= 4 is 0 Å². The van der Waals surface area contributed by atoms with Crippen LogP contribution in [0.1, 0.15) is 125 Å². The molecule has 6 aromatic carbocycles. The van der Waals surface area contributed by atoms with E-state index in [1.54, 1.807) is 0 Å². The van der Waals surface area contributed by atoms with Crippen LogP contribution in [0.4, 0.5) is 0 Å². The van der Waals surface area contributed by atoms with Gasteiger partial charge in [0, 0.05) is 47.1 Å². The number of ether oxygens (including phenoxy) is 2. The van der Waals surface area contributed by atoms with Crippen molar-refractivity contribution < 1.29 is 19.7 Å². The van der Waals surface area contributed by atoms with E-state index in [1.807, 2.05) is 60.7 Å². The van der Waals surface area contributed by atoms with Gasteiger partial charge in [0.05, 0.1) is 13.2 Å². The lowest BCUT2D eigenvalue weighted by Crippen LogP contribution is -2.38. The van der Waals surface area contributed by atoms with Crippen molar-refractivity contribution in [3.63, 3.8) is 0 Å². The van der Waals surface area contributed by atoms with Gasteiger partial charge in [0.1, 0.15) is 24.7 Å². The van der Waals surface area contributed by atoms with E-state index in [9.17, 15) is 10.2 Å². The SMILES string of the molecule is CC(C)N(CC[C@H](c1ccccc1)c1cc(CO)ccc1OCc1ccccc1)C(C)C.CC(C)N(CC[C@H](c1ccccc1)c1cc(CO)ccc1OCc1ccccc1)C(C)C. The number of hydrogen-bond acceptors (Lipinski definition) is 6. The Balaban J connectivity index is 0.000000241. The third-order valence-corrected chi connectivity index (χ3v) is 12.1. The molecule has 6 aromatic rings. The smallest absolute Gasteiger partial charge is 0.123 e. The fourth-order valence-electron chi connectivity index (χ4n) is 8.83. The molecule has 6 heteroatoms. The molecule has 6 nitrogen and oxygen atoms in total. The molecule has 340 valence electrons. The van der Waals surface area contributed by atoms with Crippen LogP contribution in [-0.2, 0) is 26.4 Å². The first-order valence-electron chi connectivity index (χ1n) is 23.4. The fraction of sp³-hybridized carbons (Fsp3) is 0.379. The molecule has 0 aliphatic heterocycles. The molecule has 64 heavy (non-hydrogen) atoms. The normalized spacial score (nSPS) is 12.5. The van der Waals surface area contributed by atoms with Crippen LogP contribution in [-0.4, -0.2) is 57.3 Å². The number of benzene rings is 6. The molecule has 0 radical (unpaired) electrons. The minimum absolute atomic E-state index is 0.0254. The zero-order valence-electron chi connectivity index (χ0n) is 39.7. The third-order valence-electron chi connectivity index (χ3n) is 12.1. The van der Waals surface area contributed by atoms with Crippen LogP contribution in [0.3, 0.4) is 0 Å². The molecule has 0 fully saturated rings. The maximum atomic E-state index is 9.83. The highest BCUT2D eigenvalue weighted by Crippen LogP contribution is 2.38. The minimum atomic E-state index is 0.0254. The first kappa shape index (κ1) is 49.8. The van der Waals surface area contributed by atoms with E-state index in [1.165, 1.54) is 11.1 Å². The van der Waals surface area contributed by atoms with Gasteiger partial charge in [-0.2, -0.15) is 0 Å². The van der Waals surface area contributed by atoms with Gasteiger partial charge in [0.15, 0.2) is 0 Å². The van der Waals surface area contributed by atoms with Crippen molar-refractivity contribution in [1.82, 2.24) is 9.80 Å². The largest absolute Gasteiger partial charge is 0.489 e. The Labute approximate surface area is 385 Å². The van der Waals surface area contributed by atoms with Crippen molar-refractivity contribution in [3.05, 3.63) is 202 Å². The summed E-state index contributed by atoms with van der Waals surface area (Å²) < 4.78 is 12.7. The Morgan fingerprint density at radius 3 is 1.00 bits per heavy atom. The van der Waals surface area contributed by atoms with Gasteiger partial charge in [-0.05, 0) is 139 Å². The molecule has 0 saturated carbocycles. The van der Waals surface area contributed by atoms with Crippen molar-refractivity contribution in [1.29, 1.82) is 0 Å². The van der Waals surface area contributed by atoms with Crippen LogP contribution < -0.4 is 9.47 Å². The van der Waals surface area contributed by atoms with Gasteiger partial charge >= 0.3 is 0 Å². The number of hydrogen-bond donors (Lipinski definition) is 2. The molecule has 0 unspecified atom stereocenters. The number of aliphatic hydroxyl groups is 2. The number of rotatable bonds is 22. The van der Waals surface area contributed by atoms with Gasteiger partial charge in [0.2, 0.25) is 0 Å². The molecule has 0 spiro atoms. The Bertz CT molecular complexity index is 2020. The van der Waals surface area contributed by atoms with E-state index in [2.05, 4.69) is 162 Å². The van der Waals surface area contributed by atoms with Crippen molar-refractivity contribution in [3.8, 4) is 11.5 Å². The van der Waals surface area contributed by atoms with E-state index in [0.717, 1.165) is 70.8 Å². The topological polar surface area (TPSA) is 65.4 Å². The van der Waals surface area contributed by atoms with Gasteiger partial charge in [-0.25, -0.2) is 0 Å². The molecule has 0 aromatic heterocycles. The Kier molecular flexibility index (Phi) is 20.1. The highest BCUT2D eigenvalue weighted by molar-refractivity contribution is 5.46. The van der Waals surface area contributed by atoms with E-state index in [4.69, 9.17) is 9.47 Å². The summed E-state index contributed by atoms with van der Waals surface area (Å²) in [5, 5.41) is 19.7. The lowest BCUT2D eigenvalue weighted by atomic mass is 9.86. The van der Waals surface area contributed by atoms with Crippen LogP contribution in [0.15, 0.2) is 158 Å². The quantitative estimate of drug-likeness (QED) is 0.0709. The lowest BCUT2D eigenvalue weighted by molar-refractivity contribution is 0.170. The standard InChI is InChI=1S/2C29H37NO2/c2*1-22(2)30(23(3)4)18-17-27(26-13-9-6-10-14-26)28-19-25(20-31)15-16-29(28)32-21-24-11-7-5-8-12-24/h2*5-16,19,22-23,27,31H,17-18,20-21H2,1-4H3/t2*27-/m11/s1. The molecule has 0 saturated heterocycles. The summed E-state index contributed by atoms with van der Waals surface area (Å²) in [4.78, 5) is 5.08. The molecule has 0 heterocycles. The monoisotopic (exact) mass is 863 g/mol. The van der Waals surface area contributed by atoms with Gasteiger partial charge < -0.3 is 19.7 Å². The summed E-state index contributed by atoms with van der Waals surface area (Å²) in [5.41, 5.74) is 8.96. The summed E-state index contributed by atoms with van der Waals surface area (Å²) in [6, 6.07) is 56.0. The van der Waals surface area contributed by atoms with Gasteiger partial charge in [-0.15, -0.1) is 0 Å². The first-order chi connectivity index (χ1) is 31.0. The predicted octanol–water partition coefficient (Wildman–Crippen LogP) is 12.8. The molecule has 2 atom stereocenters. The summed E-state index contributed by atoms with van der Waals surface area (Å²) in [6.45, 7) is 21.2. The number of aliphatic hydroxyl groups excluding tert-OH is 2. The van der Waals surface area contributed by atoms with E-state index in [-0.39, 0.29) is 25.0 Å². The summed E-state index contributed by atoms with van der Waals surface area (Å²) >= 11 is 0. The van der Waals surface area contributed by atoms with Gasteiger partial charge in [-0.1, -0.05) is 133 Å². The molecular weight excluding hydrogens is 789 g/mol. The Hall–Kier alpha value is -5.24. The lowest BCUT2D eigenvalue weighted by Gasteiger charge is -2.32. The highest BCUT2D eigenvalue weighted by Gasteiger charge is 2.24. The number of nitrogens with zero attached hydrogens (tertiary/aromatic N) is 2. The summed E-state index contributed by atoms with van der Waals surface area (Å²) in [6.07, 6.45) is 1.97. The molecule has 0 aliphatic rings. The van der Waals surface area contributed by atoms with Crippen molar-refractivity contribution in [2.24, 2.45) is 0 Å². The molecule has 6 rings (SSSR count). The van der Waals surface area contributed by atoms with Crippen molar-refractivity contribution in [2.45, 2.75) is 131 Å². The van der Waals surface area contributed by atoms with Gasteiger partial charge in [0.25, 0.3) is 0 Å². The Morgan fingerprint density at radius 1 is 0.391 bits per heavy atom. The van der Waals surface area contributed by atoms with Crippen LogP contribution in [0.5, 0.6) is 11.5 Å². The van der Waals surface area contributed by atoms with Crippen LogP contribution in [0.2, 0.25) is 0 Å². The van der Waals surface area contributed by atoms with Crippen molar-refractivity contribution in [2.75, 3.05) is 13.1 Å². The summed E-state index contributed by atoms with van der Waals surface area (Å²) in [5.74, 6) is 2.16. The zero-order valence-corrected chi connectivity index (χ0v) is 39.7. The first-order valence-corrected chi connectivity index (χ1v) is 23.4. The highest BCUT2D eigenvalue weighted by atomic mass is 16.5. The molecule has 2 N–H and O–H groups in total. The zero-order chi connectivity index (χ0) is 45.8. The molecule has 0 amide bonds. The van der Waals surface area contributed by atoms with Gasteiger partial charge in [-0.3, -0.25) is 9.80 Å². The predicted molar refractivity (Wildman–Crippen MR) is 266 cm³/mol. The van der Waals surface area contributed by atoms with E-state index >= 15 is 0 Å². The molecule has 0 bridgehead atoms. The van der Waals surface area contributed by atoms with Crippen LogP contribution in [0, 0.1) is 0 Å². The fourth-order valence-corrected chi connectivity index (χ4v) is 8.83. The third kappa shape index (κ3) is 14.9. The minimum Gasteiger partial charge on any atom is -0.489 e. The maximum Gasteiger partial charge on any atom is 0.123 e. The maximum absolute atomic E-state index is 9.83.